The molecular weight excluding hydrogens is 371 g/mol. The van der Waals surface area contributed by atoms with E-state index in [1.54, 1.807) is 25.1 Å². The van der Waals surface area contributed by atoms with E-state index < -0.39 is 0 Å². The Hall–Kier alpha value is -2.30. The van der Waals surface area contributed by atoms with E-state index in [1.807, 2.05) is 24.3 Å². The minimum absolute atomic E-state index is 0.313. The van der Waals surface area contributed by atoms with Gasteiger partial charge >= 0.3 is 0 Å². The fraction of sp³-hybridized carbons (Fsp3) is 0.200. The lowest BCUT2D eigenvalue weighted by atomic mass is 10.0. The Morgan fingerprint density at radius 2 is 1.69 bits per heavy atom. The quantitative estimate of drug-likeness (QED) is 0.567. The van der Waals surface area contributed by atoms with E-state index in [1.165, 1.54) is 5.56 Å². The lowest BCUT2D eigenvalue weighted by Crippen LogP contribution is -2.13. The minimum atomic E-state index is -0.327. The van der Waals surface area contributed by atoms with Gasteiger partial charge in [0, 0.05) is 11.3 Å². The molecule has 0 aliphatic rings. The van der Waals surface area contributed by atoms with Crippen LogP contribution in [0.5, 0.6) is 0 Å². The molecule has 0 radical (unpaired) electrons. The smallest absolute Gasteiger partial charge is 0.261 e. The van der Waals surface area contributed by atoms with Crippen molar-refractivity contribution in [1.29, 1.82) is 0 Å². The van der Waals surface area contributed by atoms with Gasteiger partial charge in [-0.3, -0.25) is 4.79 Å². The molecule has 134 valence electrons. The molecule has 0 unspecified atom stereocenters. The fourth-order valence-corrected chi connectivity index (χ4v) is 3.26. The van der Waals surface area contributed by atoms with Crippen LogP contribution in [0.4, 0.5) is 5.69 Å². The van der Waals surface area contributed by atoms with Crippen molar-refractivity contribution in [2.45, 2.75) is 26.7 Å². The molecule has 26 heavy (non-hydrogen) atoms. The number of aryl methyl sites for hydroxylation is 1. The Morgan fingerprint density at radius 1 is 1.08 bits per heavy atom. The SMILES string of the molecule is Cc1onc(-c2c(Cl)cccc2Cl)c1C(=O)Nc1ccc(C(C)C)cc1. The number of aromatic nitrogens is 1. The molecule has 1 aromatic heterocycles. The number of amides is 1. The Labute approximate surface area is 162 Å². The van der Waals surface area contributed by atoms with Gasteiger partial charge in [0.1, 0.15) is 17.0 Å². The first-order valence-corrected chi connectivity index (χ1v) is 8.96. The summed E-state index contributed by atoms with van der Waals surface area (Å²) in [5.41, 5.74) is 3.01. The molecule has 1 amide bonds. The van der Waals surface area contributed by atoms with E-state index in [-0.39, 0.29) is 5.91 Å². The number of carbonyl (C=O) groups is 1. The van der Waals surface area contributed by atoms with E-state index in [2.05, 4.69) is 24.3 Å². The van der Waals surface area contributed by atoms with Crippen LogP contribution in [0, 0.1) is 6.92 Å². The van der Waals surface area contributed by atoms with Crippen molar-refractivity contribution in [2.24, 2.45) is 0 Å². The standard InChI is InChI=1S/C20H18Cl2N2O2/c1-11(2)13-7-9-14(10-8-13)23-20(25)17-12(3)26-24-19(17)18-15(21)5-4-6-16(18)22/h4-11H,1-3H3,(H,23,25). The van der Waals surface area contributed by atoms with E-state index in [9.17, 15) is 4.79 Å². The van der Waals surface area contributed by atoms with Crippen molar-refractivity contribution in [1.82, 2.24) is 5.16 Å². The van der Waals surface area contributed by atoms with Crippen molar-refractivity contribution in [3.63, 3.8) is 0 Å². The first-order valence-electron chi connectivity index (χ1n) is 8.20. The first kappa shape index (κ1) is 18.5. The van der Waals surface area contributed by atoms with Crippen LogP contribution in [0.15, 0.2) is 47.0 Å². The number of anilines is 1. The molecule has 3 aromatic rings. The van der Waals surface area contributed by atoms with Crippen molar-refractivity contribution in [3.8, 4) is 11.3 Å². The number of nitrogens with zero attached hydrogens (tertiary/aromatic N) is 1. The summed E-state index contributed by atoms with van der Waals surface area (Å²) in [6, 6.07) is 12.9. The van der Waals surface area contributed by atoms with Crippen LogP contribution >= 0.6 is 23.2 Å². The number of halogens is 2. The molecule has 0 aliphatic heterocycles. The van der Waals surface area contributed by atoms with Crippen LogP contribution in [0.1, 0.15) is 41.4 Å². The average Bonchev–Trinajstić information content (AvgIpc) is 2.96. The van der Waals surface area contributed by atoms with Crippen molar-refractivity contribution < 1.29 is 9.32 Å². The molecule has 0 fully saturated rings. The van der Waals surface area contributed by atoms with Gasteiger partial charge in [0.25, 0.3) is 5.91 Å². The highest BCUT2D eigenvalue weighted by Crippen LogP contribution is 2.37. The van der Waals surface area contributed by atoms with Gasteiger partial charge in [0.2, 0.25) is 0 Å². The highest BCUT2D eigenvalue weighted by Gasteiger charge is 2.24. The van der Waals surface area contributed by atoms with Crippen LogP contribution in [0.2, 0.25) is 10.0 Å². The van der Waals surface area contributed by atoms with Crippen LogP contribution in [-0.4, -0.2) is 11.1 Å². The summed E-state index contributed by atoms with van der Waals surface area (Å²) >= 11 is 12.5. The molecule has 3 rings (SSSR count). The second kappa shape index (κ2) is 7.52. The maximum atomic E-state index is 12.8. The number of nitrogens with one attached hydrogen (secondary N) is 1. The summed E-state index contributed by atoms with van der Waals surface area (Å²) in [5, 5.41) is 7.69. The van der Waals surface area contributed by atoms with Crippen LogP contribution < -0.4 is 5.32 Å². The monoisotopic (exact) mass is 388 g/mol. The fourth-order valence-electron chi connectivity index (χ4n) is 2.68. The van der Waals surface area contributed by atoms with Gasteiger partial charge in [-0.25, -0.2) is 0 Å². The summed E-state index contributed by atoms with van der Waals surface area (Å²) in [4.78, 5) is 12.8. The Morgan fingerprint density at radius 3 is 2.27 bits per heavy atom. The molecule has 6 heteroatoms. The van der Waals surface area contributed by atoms with Crippen LogP contribution in [0.3, 0.4) is 0 Å². The summed E-state index contributed by atoms with van der Waals surface area (Å²) in [6.07, 6.45) is 0. The van der Waals surface area contributed by atoms with Gasteiger partial charge in [0.05, 0.1) is 10.0 Å². The van der Waals surface area contributed by atoms with E-state index >= 15 is 0 Å². The molecule has 0 saturated carbocycles. The second-order valence-electron chi connectivity index (χ2n) is 6.29. The Kier molecular flexibility index (Phi) is 5.35. The zero-order valence-electron chi connectivity index (χ0n) is 14.6. The third kappa shape index (κ3) is 3.62. The maximum Gasteiger partial charge on any atom is 0.261 e. The van der Waals surface area contributed by atoms with E-state index in [0.717, 1.165) is 0 Å². The predicted molar refractivity (Wildman–Crippen MR) is 105 cm³/mol. The van der Waals surface area contributed by atoms with Gasteiger partial charge in [-0.15, -0.1) is 0 Å². The van der Waals surface area contributed by atoms with Crippen LogP contribution in [-0.2, 0) is 0 Å². The van der Waals surface area contributed by atoms with Gasteiger partial charge in [-0.05, 0) is 42.7 Å². The van der Waals surface area contributed by atoms with Crippen LogP contribution in [0.25, 0.3) is 11.3 Å². The first-order chi connectivity index (χ1) is 12.4. The molecule has 4 nitrogen and oxygen atoms in total. The molecule has 0 aliphatic carbocycles. The zero-order chi connectivity index (χ0) is 18.8. The number of benzene rings is 2. The van der Waals surface area contributed by atoms with Gasteiger partial charge in [0.15, 0.2) is 0 Å². The summed E-state index contributed by atoms with van der Waals surface area (Å²) < 4.78 is 5.24. The molecule has 0 bridgehead atoms. The number of hydrogen-bond donors (Lipinski definition) is 1. The largest absolute Gasteiger partial charge is 0.360 e. The topological polar surface area (TPSA) is 55.1 Å². The van der Waals surface area contributed by atoms with Gasteiger partial charge < -0.3 is 9.84 Å². The van der Waals surface area contributed by atoms with E-state index in [4.69, 9.17) is 27.7 Å². The zero-order valence-corrected chi connectivity index (χ0v) is 16.2. The molecule has 2 aromatic carbocycles. The highest BCUT2D eigenvalue weighted by atomic mass is 35.5. The predicted octanol–water partition coefficient (Wildman–Crippen LogP) is 6.33. The molecule has 0 spiro atoms. The number of rotatable bonds is 4. The normalized spacial score (nSPS) is 11.0. The Balaban J connectivity index is 1.95. The maximum absolute atomic E-state index is 12.8. The van der Waals surface area contributed by atoms with Crippen molar-refractivity contribution in [2.75, 3.05) is 5.32 Å². The minimum Gasteiger partial charge on any atom is -0.360 e. The van der Waals surface area contributed by atoms with Crippen molar-refractivity contribution >= 4 is 34.8 Å². The molecule has 1 heterocycles. The molecule has 0 atom stereocenters. The summed E-state index contributed by atoms with van der Waals surface area (Å²) in [6.45, 7) is 5.92. The summed E-state index contributed by atoms with van der Waals surface area (Å²) in [5.74, 6) is 0.494. The van der Waals surface area contributed by atoms with E-state index in [0.29, 0.717) is 44.2 Å². The molecule has 1 N–H and O–H groups in total. The average molecular weight is 389 g/mol. The second-order valence-corrected chi connectivity index (χ2v) is 7.10. The highest BCUT2D eigenvalue weighted by molar-refractivity contribution is 6.39. The molecule has 0 saturated heterocycles. The third-order valence-electron chi connectivity index (χ3n) is 4.12. The number of carbonyl (C=O) groups excluding carboxylic acids is 1. The number of hydrogen-bond acceptors (Lipinski definition) is 3. The lowest BCUT2D eigenvalue weighted by Gasteiger charge is -2.09. The Bertz CT molecular complexity index is 927. The van der Waals surface area contributed by atoms with Gasteiger partial charge in [-0.1, -0.05) is 60.4 Å². The summed E-state index contributed by atoms with van der Waals surface area (Å²) in [7, 11) is 0. The third-order valence-corrected chi connectivity index (χ3v) is 4.75. The van der Waals surface area contributed by atoms with Crippen molar-refractivity contribution in [3.05, 3.63) is 69.4 Å². The molecular formula is C20H18Cl2N2O2. The lowest BCUT2D eigenvalue weighted by molar-refractivity contribution is 0.102. The van der Waals surface area contributed by atoms with Gasteiger partial charge in [-0.2, -0.15) is 0 Å².